The number of aromatic nitrogens is 2. The van der Waals surface area contributed by atoms with Gasteiger partial charge in [0.1, 0.15) is 5.75 Å². The molecular weight excluding hydrogens is 486 g/mol. The van der Waals surface area contributed by atoms with E-state index in [9.17, 15) is 22.4 Å². The summed E-state index contributed by atoms with van der Waals surface area (Å²) in [6.45, 7) is 0.0163. The van der Waals surface area contributed by atoms with Crippen molar-refractivity contribution >= 4 is 11.6 Å². The number of hydrogen-bond acceptors (Lipinski definition) is 4. The van der Waals surface area contributed by atoms with Gasteiger partial charge in [-0.3, -0.25) is 4.79 Å². The smallest absolute Gasteiger partial charge is 0.387 e. The van der Waals surface area contributed by atoms with E-state index in [1.165, 1.54) is 43.5 Å². The lowest BCUT2D eigenvalue weighted by atomic mass is 10.0. The molecule has 0 aliphatic heterocycles. The van der Waals surface area contributed by atoms with Gasteiger partial charge in [-0.15, -0.1) is 0 Å². The van der Waals surface area contributed by atoms with Gasteiger partial charge >= 0.3 is 6.61 Å². The highest BCUT2D eigenvalue weighted by Crippen LogP contribution is 2.35. The van der Waals surface area contributed by atoms with E-state index in [0.717, 1.165) is 0 Å². The summed E-state index contributed by atoms with van der Waals surface area (Å²) in [6, 6.07) is 19.0. The number of anilines is 1. The summed E-state index contributed by atoms with van der Waals surface area (Å²) in [5, 5.41) is 2.61. The van der Waals surface area contributed by atoms with Crippen LogP contribution >= 0.6 is 0 Å². The molecule has 0 fully saturated rings. The number of alkyl halides is 4. The Morgan fingerprint density at radius 1 is 1.00 bits per heavy atom. The Labute approximate surface area is 211 Å². The van der Waals surface area contributed by atoms with E-state index in [-0.39, 0.29) is 34.8 Å². The first-order chi connectivity index (χ1) is 17.7. The first-order valence-electron chi connectivity index (χ1n) is 11.5. The lowest BCUT2D eigenvalue weighted by Crippen LogP contribution is -2.16. The zero-order chi connectivity index (χ0) is 26.6. The van der Waals surface area contributed by atoms with Crippen molar-refractivity contribution in [2.75, 3.05) is 5.32 Å². The average Bonchev–Trinajstić information content (AvgIpc) is 2.89. The van der Waals surface area contributed by atoms with Crippen LogP contribution in [0.2, 0.25) is 0 Å². The molecule has 0 saturated heterocycles. The summed E-state index contributed by atoms with van der Waals surface area (Å²) < 4.78 is 58.7. The van der Waals surface area contributed by atoms with E-state index < -0.39 is 18.4 Å². The van der Waals surface area contributed by atoms with Crippen LogP contribution in [0.5, 0.6) is 5.75 Å². The molecule has 1 heterocycles. The first-order valence-corrected chi connectivity index (χ1v) is 11.5. The summed E-state index contributed by atoms with van der Waals surface area (Å²) in [5.41, 5.74) is 2.19. The molecule has 9 heteroatoms. The molecule has 37 heavy (non-hydrogen) atoms. The molecule has 0 unspecified atom stereocenters. The Kier molecular flexibility index (Phi) is 7.52. The third kappa shape index (κ3) is 5.94. The summed E-state index contributed by atoms with van der Waals surface area (Å²) in [7, 11) is 0. The second-order valence-corrected chi connectivity index (χ2v) is 8.24. The zero-order valence-electron chi connectivity index (χ0n) is 20.0. The second kappa shape index (κ2) is 10.8. The van der Waals surface area contributed by atoms with Gasteiger partial charge in [-0.2, -0.15) is 8.78 Å². The Bertz CT molecular complexity index is 1410. The van der Waals surface area contributed by atoms with Gasteiger partial charge in [0.05, 0.1) is 11.3 Å². The van der Waals surface area contributed by atoms with Crippen LogP contribution in [0.15, 0.2) is 79.0 Å². The van der Waals surface area contributed by atoms with Crippen LogP contribution in [0, 0.1) is 6.92 Å². The maximum absolute atomic E-state index is 14.0. The zero-order valence-corrected chi connectivity index (χ0v) is 20.0. The van der Waals surface area contributed by atoms with Gasteiger partial charge in [-0.05, 0) is 42.8 Å². The Hall–Kier alpha value is -4.27. The van der Waals surface area contributed by atoms with Crippen LogP contribution in [0.25, 0.3) is 22.5 Å². The van der Waals surface area contributed by atoms with Crippen LogP contribution in [0.3, 0.4) is 0 Å². The molecule has 190 valence electrons. The van der Waals surface area contributed by atoms with Crippen molar-refractivity contribution in [1.82, 2.24) is 9.97 Å². The molecule has 0 radical (unpaired) electrons. The lowest BCUT2D eigenvalue weighted by Gasteiger charge is -2.16. The summed E-state index contributed by atoms with van der Waals surface area (Å²) in [6.07, 6.45) is 0.975. The summed E-state index contributed by atoms with van der Waals surface area (Å²) >= 11 is 0. The fourth-order valence-corrected chi connectivity index (χ4v) is 3.77. The number of nitrogens with one attached hydrogen (secondary N) is 1. The average molecular weight is 510 g/mol. The number of halogens is 4. The molecule has 4 rings (SSSR count). The van der Waals surface area contributed by atoms with Crippen LogP contribution in [0.1, 0.15) is 35.0 Å². The van der Waals surface area contributed by atoms with Gasteiger partial charge in [0.25, 0.3) is 11.8 Å². The van der Waals surface area contributed by atoms with E-state index in [0.29, 0.717) is 22.4 Å². The van der Waals surface area contributed by atoms with Gasteiger partial charge in [0.2, 0.25) is 0 Å². The fourth-order valence-electron chi connectivity index (χ4n) is 3.77. The van der Waals surface area contributed by atoms with Crippen molar-refractivity contribution in [3.8, 4) is 28.3 Å². The molecule has 1 N–H and O–H groups in total. The topological polar surface area (TPSA) is 64.1 Å². The number of aryl methyl sites for hydroxylation is 1. The number of carbonyl (C=O) groups is 1. The number of benzene rings is 3. The molecule has 0 bridgehead atoms. The molecule has 5 nitrogen and oxygen atoms in total. The molecule has 4 aromatic rings. The van der Waals surface area contributed by atoms with Crippen molar-refractivity contribution in [2.45, 2.75) is 32.8 Å². The van der Waals surface area contributed by atoms with E-state index >= 15 is 0 Å². The first kappa shape index (κ1) is 25.8. The highest BCUT2D eigenvalue weighted by Gasteiger charge is 2.29. The van der Waals surface area contributed by atoms with Crippen LogP contribution in [-0.4, -0.2) is 22.5 Å². The molecule has 1 amide bonds. The van der Waals surface area contributed by atoms with Crippen LogP contribution in [-0.2, 0) is 5.92 Å². The number of hydrogen-bond donors (Lipinski definition) is 1. The highest BCUT2D eigenvalue weighted by molar-refractivity contribution is 6.04. The molecule has 0 saturated carbocycles. The number of rotatable bonds is 8. The minimum absolute atomic E-state index is 0.00792. The maximum atomic E-state index is 14.0. The predicted molar refractivity (Wildman–Crippen MR) is 133 cm³/mol. The Balaban J connectivity index is 1.61. The number of ether oxygens (including phenoxy) is 1. The summed E-state index contributed by atoms with van der Waals surface area (Å²) in [5.74, 6) is -3.27. The molecule has 0 aliphatic rings. The van der Waals surface area contributed by atoms with Gasteiger partial charge in [0.15, 0.2) is 5.82 Å². The van der Waals surface area contributed by atoms with E-state index in [1.807, 2.05) is 6.07 Å². The largest absolute Gasteiger partial charge is 0.434 e. The maximum Gasteiger partial charge on any atom is 0.387 e. The van der Waals surface area contributed by atoms with Gasteiger partial charge in [0, 0.05) is 35.0 Å². The van der Waals surface area contributed by atoms with E-state index in [1.54, 1.807) is 43.3 Å². The number of carbonyl (C=O) groups excluding carboxylic acids is 1. The second-order valence-electron chi connectivity index (χ2n) is 8.24. The third-order valence-electron chi connectivity index (χ3n) is 5.75. The molecule has 0 aliphatic carbocycles. The summed E-state index contributed by atoms with van der Waals surface area (Å²) in [4.78, 5) is 21.5. The van der Waals surface area contributed by atoms with Gasteiger partial charge in [-0.25, -0.2) is 18.7 Å². The third-order valence-corrected chi connectivity index (χ3v) is 5.75. The van der Waals surface area contributed by atoms with E-state index in [2.05, 4.69) is 20.0 Å². The van der Waals surface area contributed by atoms with Crippen molar-refractivity contribution in [3.63, 3.8) is 0 Å². The molecule has 0 spiro atoms. The van der Waals surface area contributed by atoms with Crippen molar-refractivity contribution in [2.24, 2.45) is 0 Å². The molecular formula is C28H23F4N3O2. The molecule has 3 aromatic carbocycles. The Morgan fingerprint density at radius 2 is 1.76 bits per heavy atom. The predicted octanol–water partition coefficient (Wildman–Crippen LogP) is 7.47. The number of amides is 1. The lowest BCUT2D eigenvalue weighted by molar-refractivity contribution is -0.0494. The molecule has 1 aromatic heterocycles. The highest BCUT2D eigenvalue weighted by atomic mass is 19.3. The minimum Gasteiger partial charge on any atom is -0.434 e. The molecule has 0 atom stereocenters. The monoisotopic (exact) mass is 509 g/mol. The van der Waals surface area contributed by atoms with Crippen molar-refractivity contribution < 1.29 is 27.1 Å². The fraction of sp³-hybridized carbons (Fsp3) is 0.179. The van der Waals surface area contributed by atoms with E-state index in [4.69, 9.17) is 0 Å². The quantitative estimate of drug-likeness (QED) is 0.250. The Morgan fingerprint density at radius 3 is 2.43 bits per heavy atom. The van der Waals surface area contributed by atoms with Crippen molar-refractivity contribution in [1.29, 1.82) is 0 Å². The van der Waals surface area contributed by atoms with Gasteiger partial charge < -0.3 is 10.1 Å². The SMILES string of the molecule is CCC(F)(F)c1cccc(NC(=O)c2cnc(-c3ccc(OC(F)F)c(-c4ccccc4)c3)nc2C)c1. The van der Waals surface area contributed by atoms with Crippen LogP contribution in [0.4, 0.5) is 23.2 Å². The minimum atomic E-state index is -3.00. The number of nitrogens with zero attached hydrogens (tertiary/aromatic N) is 2. The van der Waals surface area contributed by atoms with Crippen molar-refractivity contribution in [3.05, 3.63) is 95.8 Å². The van der Waals surface area contributed by atoms with Crippen LogP contribution < -0.4 is 10.1 Å². The standard InChI is InChI=1S/C28H23F4N3O2/c1-3-28(31,32)20-10-7-11-21(15-20)35-26(36)23-16-33-25(34-17(23)2)19-12-13-24(37-27(29)30)22(14-19)18-8-5-4-6-9-18/h4-16,27H,3H2,1-2H3,(H,35,36). The normalized spacial score (nSPS) is 11.4. The van der Waals surface area contributed by atoms with Gasteiger partial charge in [-0.1, -0.05) is 49.4 Å².